The zero-order chi connectivity index (χ0) is 31.3. The van der Waals surface area contributed by atoms with Gasteiger partial charge in [-0.2, -0.15) is 0 Å². The van der Waals surface area contributed by atoms with Crippen molar-refractivity contribution < 1.29 is 14.6 Å². The van der Waals surface area contributed by atoms with E-state index in [1.54, 1.807) is 0 Å². The first-order valence-corrected chi connectivity index (χ1v) is 19.7. The van der Waals surface area contributed by atoms with E-state index in [2.05, 4.69) is 26.0 Å². The smallest absolute Gasteiger partial charge is 0.305 e. The largest absolute Gasteiger partial charge is 0.466 e. The number of ether oxygens (including phenoxy) is 1. The third kappa shape index (κ3) is 37.3. The van der Waals surface area contributed by atoms with Gasteiger partial charge >= 0.3 is 5.97 Å². The van der Waals surface area contributed by atoms with Crippen LogP contribution in [0.5, 0.6) is 0 Å². The Bertz CT molecular complexity index is 558. The van der Waals surface area contributed by atoms with Crippen LogP contribution in [0, 0.1) is 0 Å². The number of esters is 1. The molecule has 3 heteroatoms. The average molecular weight is 607 g/mol. The molecule has 0 radical (unpaired) electrons. The van der Waals surface area contributed by atoms with Gasteiger partial charge < -0.3 is 9.84 Å². The molecule has 0 aromatic rings. The number of unbranched alkanes of at least 4 members (excludes halogenated alkanes) is 27. The number of allylic oxidation sites excluding steroid dienone is 1. The summed E-state index contributed by atoms with van der Waals surface area (Å²) in [4.78, 5) is 12.0. The number of hydrogen-bond donors (Lipinski definition) is 1. The van der Waals surface area contributed by atoms with Crippen LogP contribution >= 0.6 is 0 Å². The van der Waals surface area contributed by atoms with Crippen LogP contribution in [0.15, 0.2) is 12.2 Å². The summed E-state index contributed by atoms with van der Waals surface area (Å²) in [5.41, 5.74) is 0. The molecule has 0 heterocycles. The van der Waals surface area contributed by atoms with E-state index in [9.17, 15) is 9.90 Å². The summed E-state index contributed by atoms with van der Waals surface area (Å²) in [7, 11) is 0. The molecule has 0 unspecified atom stereocenters. The van der Waals surface area contributed by atoms with Crippen molar-refractivity contribution >= 4 is 5.97 Å². The molecule has 0 aromatic carbocycles. The van der Waals surface area contributed by atoms with E-state index in [0.717, 1.165) is 44.9 Å². The maximum absolute atomic E-state index is 12.0. The highest BCUT2D eigenvalue weighted by Crippen LogP contribution is 2.15. The van der Waals surface area contributed by atoms with Crippen molar-refractivity contribution in [2.45, 2.75) is 232 Å². The van der Waals surface area contributed by atoms with Crippen LogP contribution in [0.2, 0.25) is 0 Å². The van der Waals surface area contributed by atoms with E-state index in [-0.39, 0.29) is 12.1 Å². The Kier molecular flexibility index (Phi) is 36.6. The van der Waals surface area contributed by atoms with Gasteiger partial charge in [0.2, 0.25) is 0 Å². The van der Waals surface area contributed by atoms with Gasteiger partial charge in [-0.1, -0.05) is 193 Å². The molecule has 256 valence electrons. The molecule has 0 aliphatic rings. The van der Waals surface area contributed by atoms with Crippen molar-refractivity contribution in [3.63, 3.8) is 0 Å². The van der Waals surface area contributed by atoms with Crippen molar-refractivity contribution in [3.8, 4) is 0 Å². The molecular formula is C40H78O3. The van der Waals surface area contributed by atoms with E-state index < -0.39 is 0 Å². The summed E-state index contributed by atoms with van der Waals surface area (Å²) in [6, 6.07) is 0. The fourth-order valence-electron chi connectivity index (χ4n) is 5.97. The maximum atomic E-state index is 12.0. The highest BCUT2D eigenvalue weighted by atomic mass is 16.5. The van der Waals surface area contributed by atoms with E-state index in [0.29, 0.717) is 13.0 Å². The SMILES string of the molecule is CCCCCCCCCCCCCCCCCCCCCCOC(=O)CCCCCCC/C=C/C[C@H](O)CCCCCC. The van der Waals surface area contributed by atoms with E-state index >= 15 is 0 Å². The lowest BCUT2D eigenvalue weighted by molar-refractivity contribution is -0.143. The van der Waals surface area contributed by atoms with Gasteiger partial charge in [-0.05, 0) is 38.5 Å². The fourth-order valence-corrected chi connectivity index (χ4v) is 5.97. The highest BCUT2D eigenvalue weighted by molar-refractivity contribution is 5.69. The van der Waals surface area contributed by atoms with Crippen LogP contribution < -0.4 is 0 Å². The highest BCUT2D eigenvalue weighted by Gasteiger charge is 2.03. The van der Waals surface area contributed by atoms with Crippen LogP contribution in [0.1, 0.15) is 226 Å². The van der Waals surface area contributed by atoms with Gasteiger partial charge in [0, 0.05) is 6.42 Å². The van der Waals surface area contributed by atoms with Crippen molar-refractivity contribution in [2.75, 3.05) is 6.61 Å². The van der Waals surface area contributed by atoms with Crippen LogP contribution in [0.4, 0.5) is 0 Å². The topological polar surface area (TPSA) is 46.5 Å². The Hall–Kier alpha value is -0.830. The number of carbonyl (C=O) groups is 1. The molecule has 0 bridgehead atoms. The average Bonchev–Trinajstić information content (AvgIpc) is 3.01. The molecule has 0 rings (SSSR count). The van der Waals surface area contributed by atoms with Crippen molar-refractivity contribution in [1.82, 2.24) is 0 Å². The molecule has 0 spiro atoms. The lowest BCUT2D eigenvalue weighted by Crippen LogP contribution is -2.05. The predicted octanol–water partition coefficient (Wildman–Crippen LogP) is 13.4. The molecule has 1 N–H and O–H groups in total. The first-order valence-electron chi connectivity index (χ1n) is 19.7. The zero-order valence-electron chi connectivity index (χ0n) is 29.5. The Labute approximate surface area is 270 Å². The number of carbonyl (C=O) groups excluding carboxylic acids is 1. The molecule has 0 aliphatic carbocycles. The first kappa shape index (κ1) is 42.2. The second kappa shape index (κ2) is 37.4. The Morgan fingerprint density at radius 1 is 0.512 bits per heavy atom. The molecular weight excluding hydrogens is 528 g/mol. The molecule has 3 nitrogen and oxygen atoms in total. The summed E-state index contributed by atoms with van der Waals surface area (Å²) < 4.78 is 5.44. The normalized spacial score (nSPS) is 12.3. The van der Waals surface area contributed by atoms with E-state index in [1.807, 2.05) is 0 Å². The lowest BCUT2D eigenvalue weighted by atomic mass is 10.0. The molecule has 0 saturated carbocycles. The van der Waals surface area contributed by atoms with Gasteiger partial charge in [0.05, 0.1) is 12.7 Å². The Balaban J connectivity index is 3.22. The van der Waals surface area contributed by atoms with Crippen LogP contribution in [-0.2, 0) is 9.53 Å². The van der Waals surface area contributed by atoms with Gasteiger partial charge in [0.15, 0.2) is 0 Å². The van der Waals surface area contributed by atoms with Gasteiger partial charge in [-0.15, -0.1) is 0 Å². The minimum atomic E-state index is -0.165. The van der Waals surface area contributed by atoms with Crippen molar-refractivity contribution in [1.29, 1.82) is 0 Å². The van der Waals surface area contributed by atoms with Gasteiger partial charge in [0.1, 0.15) is 0 Å². The monoisotopic (exact) mass is 607 g/mol. The summed E-state index contributed by atoms with van der Waals surface area (Å²) in [6.07, 6.45) is 46.0. The standard InChI is InChI=1S/C40H78O3/c1-3-5-7-9-10-11-12-13-14-15-16-17-18-19-20-21-24-27-30-34-38-43-40(42)37-33-29-26-23-22-25-28-32-36-39(41)35-31-8-6-4-2/h28,32,39,41H,3-27,29-31,33-38H2,1-2H3/b32-28+/t39-/m1/s1. The van der Waals surface area contributed by atoms with E-state index in [4.69, 9.17) is 4.74 Å². The summed E-state index contributed by atoms with van der Waals surface area (Å²) >= 11 is 0. The molecule has 0 saturated heterocycles. The number of aliphatic hydroxyl groups is 1. The summed E-state index contributed by atoms with van der Waals surface area (Å²) in [5.74, 6) is -0.00556. The van der Waals surface area contributed by atoms with Gasteiger partial charge in [-0.25, -0.2) is 0 Å². The third-order valence-electron chi connectivity index (χ3n) is 8.98. The summed E-state index contributed by atoms with van der Waals surface area (Å²) in [6.45, 7) is 5.12. The minimum Gasteiger partial charge on any atom is -0.466 e. The molecule has 0 aromatic heterocycles. The maximum Gasteiger partial charge on any atom is 0.305 e. The zero-order valence-corrected chi connectivity index (χ0v) is 29.5. The van der Waals surface area contributed by atoms with Crippen LogP contribution in [-0.4, -0.2) is 23.8 Å². The van der Waals surface area contributed by atoms with Crippen LogP contribution in [0.25, 0.3) is 0 Å². The lowest BCUT2D eigenvalue weighted by Gasteiger charge is -2.07. The Morgan fingerprint density at radius 3 is 1.40 bits per heavy atom. The summed E-state index contributed by atoms with van der Waals surface area (Å²) in [5, 5.41) is 9.99. The Morgan fingerprint density at radius 2 is 0.907 bits per heavy atom. The predicted molar refractivity (Wildman–Crippen MR) is 190 cm³/mol. The molecule has 0 amide bonds. The number of rotatable bonds is 36. The van der Waals surface area contributed by atoms with Crippen molar-refractivity contribution in [2.24, 2.45) is 0 Å². The third-order valence-corrected chi connectivity index (χ3v) is 8.98. The molecule has 0 aliphatic heterocycles. The number of aliphatic hydroxyl groups excluding tert-OH is 1. The van der Waals surface area contributed by atoms with Gasteiger partial charge in [0.25, 0.3) is 0 Å². The molecule has 1 atom stereocenters. The number of hydrogen-bond acceptors (Lipinski definition) is 3. The first-order chi connectivity index (χ1) is 21.2. The van der Waals surface area contributed by atoms with Crippen molar-refractivity contribution in [3.05, 3.63) is 12.2 Å². The van der Waals surface area contributed by atoms with Crippen LogP contribution in [0.3, 0.4) is 0 Å². The quantitative estimate of drug-likeness (QED) is 0.0438. The molecule has 43 heavy (non-hydrogen) atoms. The van der Waals surface area contributed by atoms with Gasteiger partial charge in [-0.3, -0.25) is 4.79 Å². The minimum absolute atomic E-state index is 0.00556. The second-order valence-corrected chi connectivity index (χ2v) is 13.5. The fraction of sp³-hybridized carbons (Fsp3) is 0.925. The van der Waals surface area contributed by atoms with E-state index in [1.165, 1.54) is 161 Å². The molecule has 0 fully saturated rings. The second-order valence-electron chi connectivity index (χ2n) is 13.5.